The number of benzene rings is 2. The molecule has 6 heteroatoms. The van der Waals surface area contributed by atoms with Gasteiger partial charge in [0.05, 0.1) is 11.6 Å². The number of fused-ring (bicyclic) bond motifs is 3. The van der Waals surface area contributed by atoms with Crippen molar-refractivity contribution in [3.63, 3.8) is 0 Å². The summed E-state index contributed by atoms with van der Waals surface area (Å²) in [5.41, 5.74) is 3.17. The fourth-order valence-electron chi connectivity index (χ4n) is 3.62. The quantitative estimate of drug-likeness (QED) is 0.542. The Balaban J connectivity index is 1.73. The monoisotopic (exact) mass is 361 g/mol. The number of thioether (sulfide) groups is 1. The van der Waals surface area contributed by atoms with Crippen LogP contribution in [0, 0.1) is 6.92 Å². The van der Waals surface area contributed by atoms with Gasteiger partial charge in [0.1, 0.15) is 5.82 Å². The van der Waals surface area contributed by atoms with Crippen LogP contribution in [0.15, 0.2) is 54.6 Å². The molecule has 1 aliphatic heterocycles. The molecule has 3 heterocycles. The lowest BCUT2D eigenvalue weighted by molar-refractivity contribution is 0.651. The topological polar surface area (TPSA) is 46.3 Å². The fraction of sp³-hybridized carbons (Fsp3) is 0.250. The van der Waals surface area contributed by atoms with Gasteiger partial charge in [0, 0.05) is 23.4 Å². The molecule has 130 valence electrons. The van der Waals surface area contributed by atoms with Crippen molar-refractivity contribution in [2.45, 2.75) is 13.0 Å². The lowest BCUT2D eigenvalue weighted by Gasteiger charge is -2.36. The minimum absolute atomic E-state index is 0.288. The number of hydrogen-bond acceptors (Lipinski definition) is 5. The second kappa shape index (κ2) is 6.29. The molecule has 1 fully saturated rings. The molecular formula is C20H19N5S. The van der Waals surface area contributed by atoms with Crippen molar-refractivity contribution in [3.05, 3.63) is 66.0 Å². The Morgan fingerprint density at radius 3 is 2.69 bits per heavy atom. The summed E-state index contributed by atoms with van der Waals surface area (Å²) in [6, 6.07) is 19.1. The Hall–Kier alpha value is -2.60. The van der Waals surface area contributed by atoms with Gasteiger partial charge in [-0.05, 0) is 24.6 Å². The van der Waals surface area contributed by atoms with E-state index in [4.69, 9.17) is 4.98 Å². The molecule has 0 bridgehead atoms. The summed E-state index contributed by atoms with van der Waals surface area (Å²) in [7, 11) is 0. The van der Waals surface area contributed by atoms with Gasteiger partial charge in [-0.2, -0.15) is 16.3 Å². The Kier molecular flexibility index (Phi) is 3.78. The van der Waals surface area contributed by atoms with Crippen LogP contribution in [0.5, 0.6) is 0 Å². The fourth-order valence-corrected chi connectivity index (χ4v) is 4.71. The number of rotatable bonds is 2. The van der Waals surface area contributed by atoms with Crippen molar-refractivity contribution in [2.24, 2.45) is 0 Å². The lowest BCUT2D eigenvalue weighted by Crippen LogP contribution is -2.38. The van der Waals surface area contributed by atoms with Crippen molar-refractivity contribution >= 4 is 34.3 Å². The van der Waals surface area contributed by atoms with E-state index < -0.39 is 0 Å². The van der Waals surface area contributed by atoms with Crippen LogP contribution in [-0.4, -0.2) is 37.6 Å². The molecule has 1 aliphatic rings. The molecule has 2 aromatic carbocycles. The summed E-state index contributed by atoms with van der Waals surface area (Å²) in [5.74, 6) is 3.79. The van der Waals surface area contributed by atoms with Gasteiger partial charge in [0.25, 0.3) is 0 Å². The van der Waals surface area contributed by atoms with E-state index in [0.717, 1.165) is 46.4 Å². The van der Waals surface area contributed by atoms with Gasteiger partial charge >= 0.3 is 0 Å². The van der Waals surface area contributed by atoms with E-state index in [0.29, 0.717) is 0 Å². The number of para-hydroxylation sites is 1. The van der Waals surface area contributed by atoms with Crippen LogP contribution in [0.25, 0.3) is 16.6 Å². The molecule has 0 amide bonds. The molecule has 1 atom stereocenters. The van der Waals surface area contributed by atoms with Crippen LogP contribution in [0.2, 0.25) is 0 Å². The van der Waals surface area contributed by atoms with Gasteiger partial charge in [0.2, 0.25) is 5.95 Å². The summed E-state index contributed by atoms with van der Waals surface area (Å²) in [6.45, 7) is 2.88. The summed E-state index contributed by atoms with van der Waals surface area (Å²) in [6.07, 6.45) is 0. The minimum Gasteiger partial charge on any atom is -0.332 e. The number of nitrogens with zero attached hydrogens (tertiary/aromatic N) is 5. The summed E-state index contributed by atoms with van der Waals surface area (Å²) >= 11 is 2.00. The summed E-state index contributed by atoms with van der Waals surface area (Å²) in [4.78, 5) is 12.1. The Bertz CT molecular complexity index is 1080. The molecule has 0 saturated carbocycles. The number of aromatic nitrogens is 4. The van der Waals surface area contributed by atoms with Gasteiger partial charge in [0.15, 0.2) is 5.65 Å². The maximum absolute atomic E-state index is 4.99. The molecule has 2 aromatic heterocycles. The highest BCUT2D eigenvalue weighted by atomic mass is 32.2. The highest BCUT2D eigenvalue weighted by molar-refractivity contribution is 7.99. The van der Waals surface area contributed by atoms with E-state index >= 15 is 0 Å². The minimum atomic E-state index is 0.288. The Morgan fingerprint density at radius 1 is 1.00 bits per heavy atom. The van der Waals surface area contributed by atoms with E-state index in [9.17, 15) is 0 Å². The first-order valence-corrected chi connectivity index (χ1v) is 9.98. The second-order valence-electron chi connectivity index (χ2n) is 6.52. The first-order chi connectivity index (χ1) is 12.8. The predicted molar refractivity (Wildman–Crippen MR) is 107 cm³/mol. The zero-order chi connectivity index (χ0) is 17.5. The van der Waals surface area contributed by atoms with Crippen molar-refractivity contribution in [1.82, 2.24) is 19.6 Å². The van der Waals surface area contributed by atoms with Crippen molar-refractivity contribution in [3.8, 4) is 0 Å². The predicted octanol–water partition coefficient (Wildman–Crippen LogP) is 3.88. The van der Waals surface area contributed by atoms with E-state index in [1.54, 1.807) is 0 Å². The molecule has 0 N–H and O–H groups in total. The van der Waals surface area contributed by atoms with Gasteiger partial charge < -0.3 is 4.90 Å². The number of aryl methyl sites for hydroxylation is 1. The standard InChI is InChI=1S/C20H19N5S/c1-14-21-19-16-9-5-6-10-17(16)22-20(25(19)23-14)24-11-12-26-13-18(24)15-7-3-2-4-8-15/h2-10,18H,11-13H2,1H3/t18-/m0/s1. The molecule has 5 nitrogen and oxygen atoms in total. The molecular weight excluding hydrogens is 342 g/mol. The van der Waals surface area contributed by atoms with Gasteiger partial charge in [-0.25, -0.2) is 9.97 Å². The molecule has 0 aliphatic carbocycles. The van der Waals surface area contributed by atoms with E-state index in [2.05, 4.69) is 57.4 Å². The average molecular weight is 361 g/mol. The van der Waals surface area contributed by atoms with Crippen molar-refractivity contribution in [1.29, 1.82) is 0 Å². The molecule has 4 aromatic rings. The maximum atomic E-state index is 4.99. The molecule has 26 heavy (non-hydrogen) atoms. The van der Waals surface area contributed by atoms with E-state index in [1.165, 1.54) is 5.56 Å². The third-order valence-electron chi connectivity index (χ3n) is 4.84. The summed E-state index contributed by atoms with van der Waals surface area (Å²) in [5, 5.41) is 5.70. The SMILES string of the molecule is Cc1nc2c3ccccc3nc(N3CCSC[C@H]3c3ccccc3)n2n1. The van der Waals surface area contributed by atoms with Gasteiger partial charge in [-0.1, -0.05) is 42.5 Å². The van der Waals surface area contributed by atoms with Gasteiger partial charge in [-0.15, -0.1) is 5.10 Å². The largest absolute Gasteiger partial charge is 0.332 e. The molecule has 0 unspecified atom stereocenters. The van der Waals surface area contributed by atoms with Crippen LogP contribution in [0.3, 0.4) is 0 Å². The number of hydrogen-bond donors (Lipinski definition) is 0. The van der Waals surface area contributed by atoms with E-state index in [-0.39, 0.29) is 6.04 Å². The number of anilines is 1. The third kappa shape index (κ3) is 2.52. The van der Waals surface area contributed by atoms with Crippen molar-refractivity contribution in [2.75, 3.05) is 23.0 Å². The van der Waals surface area contributed by atoms with Crippen molar-refractivity contribution < 1.29 is 0 Å². The summed E-state index contributed by atoms with van der Waals surface area (Å²) < 4.78 is 1.92. The zero-order valence-electron chi connectivity index (χ0n) is 14.5. The highest BCUT2D eigenvalue weighted by Gasteiger charge is 2.28. The first kappa shape index (κ1) is 15.6. The molecule has 1 saturated heterocycles. The maximum Gasteiger partial charge on any atom is 0.229 e. The Morgan fingerprint density at radius 2 is 1.81 bits per heavy atom. The smallest absolute Gasteiger partial charge is 0.229 e. The first-order valence-electron chi connectivity index (χ1n) is 8.83. The van der Waals surface area contributed by atoms with Crippen LogP contribution in [0.1, 0.15) is 17.4 Å². The third-order valence-corrected chi connectivity index (χ3v) is 5.86. The molecule has 0 spiro atoms. The second-order valence-corrected chi connectivity index (χ2v) is 7.67. The van der Waals surface area contributed by atoms with Crippen LogP contribution >= 0.6 is 11.8 Å². The Labute approximate surface area is 156 Å². The molecule has 5 rings (SSSR count). The van der Waals surface area contributed by atoms with Gasteiger partial charge in [-0.3, -0.25) is 0 Å². The van der Waals surface area contributed by atoms with Crippen LogP contribution < -0.4 is 4.90 Å². The zero-order valence-corrected chi connectivity index (χ0v) is 15.4. The normalized spacial score (nSPS) is 17.9. The van der Waals surface area contributed by atoms with Crippen LogP contribution in [-0.2, 0) is 0 Å². The average Bonchev–Trinajstić information content (AvgIpc) is 3.10. The van der Waals surface area contributed by atoms with E-state index in [1.807, 2.05) is 35.3 Å². The highest BCUT2D eigenvalue weighted by Crippen LogP contribution is 2.34. The van der Waals surface area contributed by atoms with Crippen LogP contribution in [0.4, 0.5) is 5.95 Å². The lowest BCUT2D eigenvalue weighted by atomic mass is 10.1. The molecule has 0 radical (unpaired) electrons.